The predicted molar refractivity (Wildman–Crippen MR) is 78.0 cm³/mol. The molecule has 2 aromatic heterocycles. The Morgan fingerprint density at radius 2 is 2.12 bits per heavy atom. The number of aromatic amines is 1. The highest BCUT2D eigenvalue weighted by Gasteiger charge is 2.35. The van der Waals surface area contributed by atoms with Gasteiger partial charge in [0.2, 0.25) is 0 Å². The largest absolute Gasteiger partial charge is 0.433 e. The van der Waals surface area contributed by atoms with Gasteiger partial charge in [-0.3, -0.25) is 9.89 Å². The molecule has 1 atom stereocenters. The van der Waals surface area contributed by atoms with E-state index in [1.807, 2.05) is 0 Å². The molecule has 128 valence electrons. The molecule has 3 rings (SSSR count). The van der Waals surface area contributed by atoms with Gasteiger partial charge in [0.05, 0.1) is 17.3 Å². The number of piperidine rings is 1. The molecular formula is C15H16F3N5O. The van der Waals surface area contributed by atoms with Gasteiger partial charge in [-0.25, -0.2) is 9.97 Å². The number of carbonyl (C=O) groups is 1. The summed E-state index contributed by atoms with van der Waals surface area (Å²) in [6.45, 7) is 1.93. The minimum Gasteiger partial charge on any atom is -0.328 e. The van der Waals surface area contributed by atoms with Gasteiger partial charge in [-0.15, -0.1) is 0 Å². The number of carbonyl (C=O) groups excluding carboxylic acids is 1. The van der Waals surface area contributed by atoms with Crippen molar-refractivity contribution in [1.29, 1.82) is 0 Å². The van der Waals surface area contributed by atoms with Crippen LogP contribution in [0.1, 0.15) is 52.9 Å². The zero-order chi connectivity index (χ0) is 17.3. The number of pyridine rings is 1. The fourth-order valence-corrected chi connectivity index (χ4v) is 2.93. The van der Waals surface area contributed by atoms with Crippen molar-refractivity contribution in [3.8, 4) is 0 Å². The zero-order valence-electron chi connectivity index (χ0n) is 13.0. The van der Waals surface area contributed by atoms with Crippen LogP contribution in [0, 0.1) is 6.92 Å². The van der Waals surface area contributed by atoms with Crippen LogP contribution in [0.25, 0.3) is 0 Å². The first kappa shape index (κ1) is 16.4. The van der Waals surface area contributed by atoms with E-state index in [-0.39, 0.29) is 23.2 Å². The van der Waals surface area contributed by atoms with Gasteiger partial charge in [-0.1, -0.05) is 0 Å². The molecule has 6 nitrogen and oxygen atoms in total. The number of likely N-dealkylation sites (tertiary alicyclic amines) is 1. The Kier molecular flexibility index (Phi) is 4.25. The normalized spacial score (nSPS) is 18.7. The number of aryl methyl sites for hydroxylation is 1. The molecule has 9 heteroatoms. The third-order valence-electron chi connectivity index (χ3n) is 4.12. The molecule has 0 aliphatic carbocycles. The van der Waals surface area contributed by atoms with Crippen molar-refractivity contribution in [2.24, 2.45) is 0 Å². The SMILES string of the molecule is Cc1nc(C(F)(F)F)ccc1C(=O)N1CCCCC1c1ncn[nH]1. The van der Waals surface area contributed by atoms with Gasteiger partial charge >= 0.3 is 6.18 Å². The Bertz CT molecular complexity index is 729. The summed E-state index contributed by atoms with van der Waals surface area (Å²) in [5, 5.41) is 6.58. The number of nitrogens with one attached hydrogen (secondary N) is 1. The van der Waals surface area contributed by atoms with Crippen LogP contribution in [0.4, 0.5) is 13.2 Å². The van der Waals surface area contributed by atoms with Crippen LogP contribution in [0.3, 0.4) is 0 Å². The Labute approximate surface area is 136 Å². The monoisotopic (exact) mass is 339 g/mol. The fourth-order valence-electron chi connectivity index (χ4n) is 2.93. The number of alkyl halides is 3. The minimum atomic E-state index is -4.53. The van der Waals surface area contributed by atoms with Gasteiger partial charge in [0.25, 0.3) is 5.91 Å². The molecule has 1 amide bonds. The summed E-state index contributed by atoms with van der Waals surface area (Å²) in [7, 11) is 0. The molecule has 1 aliphatic heterocycles. The Morgan fingerprint density at radius 1 is 1.33 bits per heavy atom. The summed E-state index contributed by atoms with van der Waals surface area (Å²) >= 11 is 0. The van der Waals surface area contributed by atoms with Gasteiger partial charge in [-0.05, 0) is 38.3 Å². The second-order valence-corrected chi connectivity index (χ2v) is 5.71. The van der Waals surface area contributed by atoms with Crippen molar-refractivity contribution in [2.75, 3.05) is 6.54 Å². The molecule has 0 saturated carbocycles. The van der Waals surface area contributed by atoms with E-state index in [1.165, 1.54) is 19.3 Å². The van der Waals surface area contributed by atoms with Crippen LogP contribution in [-0.2, 0) is 6.18 Å². The van der Waals surface area contributed by atoms with E-state index in [1.54, 1.807) is 4.90 Å². The molecule has 3 heterocycles. The van der Waals surface area contributed by atoms with Crippen LogP contribution in [0.15, 0.2) is 18.5 Å². The average Bonchev–Trinajstić information content (AvgIpc) is 3.07. The molecule has 0 bridgehead atoms. The summed E-state index contributed by atoms with van der Waals surface area (Å²) in [6, 6.07) is 1.78. The lowest BCUT2D eigenvalue weighted by molar-refractivity contribution is -0.141. The summed E-state index contributed by atoms with van der Waals surface area (Å²) in [4.78, 5) is 22.1. The number of rotatable bonds is 2. The highest BCUT2D eigenvalue weighted by molar-refractivity contribution is 5.95. The van der Waals surface area contributed by atoms with Gasteiger partial charge in [0, 0.05) is 6.54 Å². The van der Waals surface area contributed by atoms with Crippen LogP contribution in [0.2, 0.25) is 0 Å². The second-order valence-electron chi connectivity index (χ2n) is 5.71. The highest BCUT2D eigenvalue weighted by Crippen LogP contribution is 2.32. The predicted octanol–water partition coefficient (Wildman–Crippen LogP) is 2.89. The number of hydrogen-bond donors (Lipinski definition) is 1. The standard InChI is InChI=1S/C15H16F3N5O/c1-9-10(5-6-12(21-9)15(16,17)18)14(24)23-7-3-2-4-11(23)13-19-8-20-22-13/h5-6,8,11H,2-4,7H2,1H3,(H,19,20,22). The first-order valence-corrected chi connectivity index (χ1v) is 7.59. The molecule has 2 aromatic rings. The number of amides is 1. The number of H-pyrrole nitrogens is 1. The smallest absolute Gasteiger partial charge is 0.328 e. The molecule has 1 fully saturated rings. The number of aromatic nitrogens is 4. The maximum Gasteiger partial charge on any atom is 0.433 e. The second kappa shape index (κ2) is 6.21. The van der Waals surface area contributed by atoms with Crippen molar-refractivity contribution >= 4 is 5.91 Å². The fraction of sp³-hybridized carbons (Fsp3) is 0.467. The molecule has 0 aromatic carbocycles. The van der Waals surface area contributed by atoms with E-state index < -0.39 is 11.9 Å². The lowest BCUT2D eigenvalue weighted by Crippen LogP contribution is -2.39. The maximum atomic E-state index is 12.8. The van der Waals surface area contributed by atoms with Crippen LogP contribution in [0.5, 0.6) is 0 Å². The van der Waals surface area contributed by atoms with Gasteiger partial charge in [-0.2, -0.15) is 18.3 Å². The Morgan fingerprint density at radius 3 is 2.75 bits per heavy atom. The van der Waals surface area contributed by atoms with E-state index in [0.29, 0.717) is 12.4 Å². The van der Waals surface area contributed by atoms with E-state index in [2.05, 4.69) is 20.2 Å². The third-order valence-corrected chi connectivity index (χ3v) is 4.12. The molecule has 0 radical (unpaired) electrons. The summed E-state index contributed by atoms with van der Waals surface area (Å²) in [5.74, 6) is 0.246. The highest BCUT2D eigenvalue weighted by atomic mass is 19.4. The van der Waals surface area contributed by atoms with Gasteiger partial charge in [0.1, 0.15) is 17.8 Å². The Balaban J connectivity index is 1.90. The molecule has 1 aliphatic rings. The summed E-state index contributed by atoms with van der Waals surface area (Å²) in [6.07, 6.45) is -0.645. The molecule has 24 heavy (non-hydrogen) atoms. The lowest BCUT2D eigenvalue weighted by atomic mass is 10.00. The van der Waals surface area contributed by atoms with Gasteiger partial charge < -0.3 is 4.90 Å². The minimum absolute atomic E-state index is 0.0664. The van der Waals surface area contributed by atoms with E-state index in [0.717, 1.165) is 25.3 Å². The van der Waals surface area contributed by atoms with Gasteiger partial charge in [0.15, 0.2) is 0 Å². The van der Waals surface area contributed by atoms with Crippen molar-refractivity contribution in [3.05, 3.63) is 41.2 Å². The van der Waals surface area contributed by atoms with Crippen LogP contribution >= 0.6 is 0 Å². The Hall–Kier alpha value is -2.45. The molecule has 0 spiro atoms. The topological polar surface area (TPSA) is 74.8 Å². The molecule has 1 N–H and O–H groups in total. The maximum absolute atomic E-state index is 12.8. The van der Waals surface area contributed by atoms with E-state index in [4.69, 9.17) is 0 Å². The van der Waals surface area contributed by atoms with Crippen molar-refractivity contribution in [3.63, 3.8) is 0 Å². The summed E-state index contributed by atoms with van der Waals surface area (Å²) < 4.78 is 38.2. The van der Waals surface area contributed by atoms with Crippen LogP contribution in [-0.4, -0.2) is 37.5 Å². The average molecular weight is 339 g/mol. The third kappa shape index (κ3) is 3.10. The summed E-state index contributed by atoms with van der Waals surface area (Å²) in [5.41, 5.74) is -0.756. The van der Waals surface area contributed by atoms with Crippen molar-refractivity contribution < 1.29 is 18.0 Å². The van der Waals surface area contributed by atoms with E-state index in [9.17, 15) is 18.0 Å². The van der Waals surface area contributed by atoms with Crippen LogP contribution < -0.4 is 0 Å². The first-order chi connectivity index (χ1) is 11.4. The first-order valence-electron chi connectivity index (χ1n) is 7.59. The van der Waals surface area contributed by atoms with Crippen molar-refractivity contribution in [2.45, 2.75) is 38.4 Å². The van der Waals surface area contributed by atoms with Crippen molar-refractivity contribution in [1.82, 2.24) is 25.1 Å². The number of hydrogen-bond acceptors (Lipinski definition) is 4. The van der Waals surface area contributed by atoms with E-state index >= 15 is 0 Å². The quantitative estimate of drug-likeness (QED) is 0.913. The molecular weight excluding hydrogens is 323 g/mol. The number of halogens is 3. The zero-order valence-corrected chi connectivity index (χ0v) is 13.0. The number of nitrogens with zero attached hydrogens (tertiary/aromatic N) is 4. The lowest BCUT2D eigenvalue weighted by Gasteiger charge is -2.34. The molecule has 1 saturated heterocycles. The molecule has 1 unspecified atom stereocenters.